The van der Waals surface area contributed by atoms with Gasteiger partial charge in [0.1, 0.15) is 0 Å². The topological polar surface area (TPSA) is 8.17 Å². The summed E-state index contributed by atoms with van der Waals surface area (Å²) in [5, 5.41) is 2.58. The second kappa shape index (κ2) is 11.9. The van der Waals surface area contributed by atoms with Gasteiger partial charge in [0.05, 0.1) is 16.6 Å². The molecule has 2 aliphatic rings. The summed E-state index contributed by atoms with van der Waals surface area (Å²) in [4.78, 5) is 2.51. The van der Waals surface area contributed by atoms with E-state index in [1.54, 1.807) is 0 Å². The van der Waals surface area contributed by atoms with E-state index in [-0.39, 0.29) is 5.41 Å². The van der Waals surface area contributed by atoms with Crippen molar-refractivity contribution in [3.05, 3.63) is 210 Å². The lowest BCUT2D eigenvalue weighted by Crippen LogP contribution is -2.26. The summed E-state index contributed by atoms with van der Waals surface area (Å²) in [6.07, 6.45) is 0. The lowest BCUT2D eigenvalue weighted by molar-refractivity contribution is 0.590. The summed E-state index contributed by atoms with van der Waals surface area (Å²) < 4.78 is 2.43. The van der Waals surface area contributed by atoms with Gasteiger partial charge in [0.15, 0.2) is 0 Å². The predicted octanol–water partition coefficient (Wildman–Crippen LogP) is 14.1. The van der Waals surface area contributed by atoms with E-state index in [9.17, 15) is 0 Å². The van der Waals surface area contributed by atoms with Crippen LogP contribution in [-0.2, 0) is 17.9 Å². The molecule has 0 unspecified atom stereocenters. The molecule has 1 aromatic heterocycles. The minimum Gasteiger partial charge on any atom is -0.342 e. The third-order valence-electron chi connectivity index (χ3n) is 12.6. The second-order valence-electron chi connectivity index (χ2n) is 16.5. The quantitative estimate of drug-likeness (QED) is 0.176. The number of hydrogen-bond donors (Lipinski definition) is 0. The van der Waals surface area contributed by atoms with Gasteiger partial charge < -0.3 is 9.47 Å². The molecule has 0 bridgehead atoms. The van der Waals surface area contributed by atoms with E-state index in [1.165, 1.54) is 88.7 Å². The highest BCUT2D eigenvalue weighted by Gasteiger charge is 2.52. The molecule has 56 heavy (non-hydrogen) atoms. The Labute approximate surface area is 328 Å². The molecule has 0 radical (unpaired) electrons. The molecule has 0 atom stereocenters. The van der Waals surface area contributed by atoms with Crippen LogP contribution >= 0.6 is 0 Å². The Morgan fingerprint density at radius 1 is 0.482 bits per heavy atom. The molecular weight excluding hydrogens is 677 g/mol. The maximum atomic E-state index is 2.55. The molecule has 0 amide bonds. The molecule has 11 rings (SSSR count). The lowest BCUT2D eigenvalue weighted by Gasteiger charge is -2.33. The standard InChI is InChI=1S/C54H42N2/c1-53(2,3)37-28-32-39(33-29-37)56(38-30-26-36(27-31-38)35-16-6-5-7-17-35)49-34-47-50(51-43-21-11-15-25-48(43)55(4)52(49)51)42-20-10-14-24-46(42)54(47)44-22-12-8-18-40(44)41-19-9-13-23-45(41)54/h5-34H,1-4H3. The molecule has 2 heteroatoms. The number of rotatable bonds is 4. The predicted molar refractivity (Wildman–Crippen MR) is 236 cm³/mol. The van der Waals surface area contributed by atoms with Crippen LogP contribution in [0.3, 0.4) is 0 Å². The van der Waals surface area contributed by atoms with Gasteiger partial charge in [-0.15, -0.1) is 0 Å². The fraction of sp³-hybridized carbons (Fsp3) is 0.111. The first kappa shape index (κ1) is 32.8. The molecule has 2 nitrogen and oxygen atoms in total. The van der Waals surface area contributed by atoms with Crippen LogP contribution < -0.4 is 4.90 Å². The highest BCUT2D eigenvalue weighted by molar-refractivity contribution is 6.22. The fourth-order valence-electron chi connectivity index (χ4n) is 10.1. The van der Waals surface area contributed by atoms with Gasteiger partial charge in [0, 0.05) is 34.7 Å². The molecule has 1 spiro atoms. The van der Waals surface area contributed by atoms with E-state index in [1.807, 2.05) is 0 Å². The zero-order valence-corrected chi connectivity index (χ0v) is 32.2. The van der Waals surface area contributed by atoms with E-state index in [2.05, 4.69) is 219 Å². The third kappa shape index (κ3) is 4.44. The van der Waals surface area contributed by atoms with Crippen molar-refractivity contribution in [1.29, 1.82) is 0 Å². The van der Waals surface area contributed by atoms with Crippen molar-refractivity contribution in [2.24, 2.45) is 7.05 Å². The number of hydrogen-bond acceptors (Lipinski definition) is 1. The van der Waals surface area contributed by atoms with Crippen LogP contribution in [0, 0.1) is 0 Å². The van der Waals surface area contributed by atoms with Crippen LogP contribution in [0.25, 0.3) is 55.2 Å². The Hall–Kier alpha value is -6.64. The Kier molecular flexibility index (Phi) is 6.98. The number of fused-ring (bicyclic) bond motifs is 14. The van der Waals surface area contributed by atoms with Crippen LogP contribution in [0.15, 0.2) is 182 Å². The van der Waals surface area contributed by atoms with Gasteiger partial charge >= 0.3 is 0 Å². The first-order chi connectivity index (χ1) is 27.4. The van der Waals surface area contributed by atoms with Gasteiger partial charge in [-0.3, -0.25) is 0 Å². The van der Waals surface area contributed by atoms with Gasteiger partial charge in [-0.1, -0.05) is 166 Å². The van der Waals surface area contributed by atoms with Gasteiger partial charge in [0.2, 0.25) is 0 Å². The molecule has 1 heterocycles. The minimum atomic E-state index is -0.474. The van der Waals surface area contributed by atoms with Crippen LogP contribution in [0.5, 0.6) is 0 Å². The van der Waals surface area contributed by atoms with Crippen molar-refractivity contribution in [1.82, 2.24) is 4.57 Å². The van der Waals surface area contributed by atoms with Gasteiger partial charge in [-0.05, 0) is 103 Å². The molecule has 0 aliphatic heterocycles. The number of nitrogens with zero attached hydrogens (tertiary/aromatic N) is 2. The molecule has 9 aromatic rings. The van der Waals surface area contributed by atoms with Gasteiger partial charge in [0.25, 0.3) is 0 Å². The van der Waals surface area contributed by atoms with Crippen LogP contribution in [0.2, 0.25) is 0 Å². The van der Waals surface area contributed by atoms with Crippen molar-refractivity contribution >= 4 is 38.9 Å². The Balaban J connectivity index is 1.28. The lowest BCUT2D eigenvalue weighted by atomic mass is 9.70. The first-order valence-corrected chi connectivity index (χ1v) is 19.8. The minimum absolute atomic E-state index is 0.0405. The van der Waals surface area contributed by atoms with Gasteiger partial charge in [-0.2, -0.15) is 0 Å². The summed E-state index contributed by atoms with van der Waals surface area (Å²) in [6.45, 7) is 6.86. The van der Waals surface area contributed by atoms with Crippen molar-refractivity contribution in [2.45, 2.75) is 31.6 Å². The van der Waals surface area contributed by atoms with Crippen molar-refractivity contribution in [2.75, 3.05) is 4.90 Å². The third-order valence-corrected chi connectivity index (χ3v) is 12.6. The zero-order valence-electron chi connectivity index (χ0n) is 32.2. The maximum Gasteiger partial charge on any atom is 0.0740 e. The molecule has 8 aromatic carbocycles. The summed E-state index contributed by atoms with van der Waals surface area (Å²) in [5.41, 5.74) is 19.9. The highest BCUT2D eigenvalue weighted by atomic mass is 15.2. The Bertz CT molecular complexity index is 2950. The summed E-state index contributed by atoms with van der Waals surface area (Å²) in [5.74, 6) is 0. The van der Waals surface area contributed by atoms with Gasteiger partial charge in [-0.25, -0.2) is 0 Å². The molecule has 0 saturated heterocycles. The van der Waals surface area contributed by atoms with E-state index < -0.39 is 5.41 Å². The summed E-state index contributed by atoms with van der Waals surface area (Å²) in [7, 11) is 2.25. The smallest absolute Gasteiger partial charge is 0.0740 e. The molecule has 2 aliphatic carbocycles. The molecule has 0 saturated carbocycles. The largest absolute Gasteiger partial charge is 0.342 e. The van der Waals surface area contributed by atoms with E-state index in [0.29, 0.717) is 0 Å². The Morgan fingerprint density at radius 2 is 0.982 bits per heavy atom. The SMILES string of the molecule is Cn1c2ccccc2c2c3c(cc(N(c4ccc(-c5ccccc5)cc4)c4ccc(C(C)(C)C)cc4)c21)C1(c2ccccc2-c2ccccc21)c1ccccc1-3. The maximum absolute atomic E-state index is 2.55. The normalized spacial score (nSPS) is 13.5. The average molecular weight is 719 g/mol. The molecule has 0 N–H and O–H groups in total. The number of aromatic nitrogens is 1. The summed E-state index contributed by atoms with van der Waals surface area (Å²) in [6, 6.07) is 68.0. The Morgan fingerprint density at radius 3 is 1.61 bits per heavy atom. The second-order valence-corrected chi connectivity index (χ2v) is 16.5. The van der Waals surface area contributed by atoms with E-state index >= 15 is 0 Å². The zero-order chi connectivity index (χ0) is 37.8. The number of aryl methyl sites for hydroxylation is 1. The van der Waals surface area contributed by atoms with Crippen molar-refractivity contribution < 1.29 is 0 Å². The number of anilines is 3. The fourth-order valence-corrected chi connectivity index (χ4v) is 10.1. The monoisotopic (exact) mass is 718 g/mol. The molecule has 268 valence electrons. The molecular formula is C54H42N2. The highest BCUT2D eigenvalue weighted by Crippen LogP contribution is 2.65. The number of para-hydroxylation sites is 1. The van der Waals surface area contributed by atoms with Crippen LogP contribution in [-0.4, -0.2) is 4.57 Å². The van der Waals surface area contributed by atoms with Crippen LogP contribution in [0.1, 0.15) is 48.6 Å². The van der Waals surface area contributed by atoms with E-state index in [0.717, 1.165) is 11.4 Å². The molecule has 0 fully saturated rings. The average Bonchev–Trinajstić information content (AvgIpc) is 3.83. The van der Waals surface area contributed by atoms with Crippen LogP contribution in [0.4, 0.5) is 17.1 Å². The number of benzene rings is 8. The first-order valence-electron chi connectivity index (χ1n) is 19.8. The van der Waals surface area contributed by atoms with Crippen molar-refractivity contribution in [3.63, 3.8) is 0 Å². The van der Waals surface area contributed by atoms with Crippen molar-refractivity contribution in [3.8, 4) is 33.4 Å². The van der Waals surface area contributed by atoms with E-state index in [4.69, 9.17) is 0 Å². The summed E-state index contributed by atoms with van der Waals surface area (Å²) >= 11 is 0.